The Kier molecular flexibility index (Phi) is 53.2. The first kappa shape index (κ1) is 63.1. The van der Waals surface area contributed by atoms with Crippen molar-refractivity contribution in [3.8, 4) is 0 Å². The van der Waals surface area contributed by atoms with E-state index in [0.29, 0.717) is 19.3 Å². The van der Waals surface area contributed by atoms with E-state index in [9.17, 15) is 14.4 Å². The van der Waals surface area contributed by atoms with Crippen LogP contribution < -0.4 is 0 Å². The fraction of sp³-hybridized carbons (Fsp3) is 0.915. The van der Waals surface area contributed by atoms with E-state index in [1.54, 1.807) is 0 Å². The zero-order valence-corrected chi connectivity index (χ0v) is 44.0. The Bertz CT molecular complexity index is 1010. The summed E-state index contributed by atoms with van der Waals surface area (Å²) in [4.78, 5) is 38.1. The standard InChI is InChI=1S/C59H112O6/c1-4-7-10-13-16-19-22-25-28-29-30-32-34-37-40-43-46-49-52-58(61)64-55-56(54-63-57(60)51-48-45-42-39-36-33-27-24-21-18-15-12-9-6-3)65-59(62)53-50-47-44-41-38-35-31-26-23-20-17-14-11-8-5-2/h20,23,56H,4-19,21-22,24-55H2,1-3H3/b23-20-. The topological polar surface area (TPSA) is 78.9 Å². The average Bonchev–Trinajstić information content (AvgIpc) is 3.30. The molecule has 0 aromatic heterocycles. The molecule has 0 bridgehead atoms. The molecule has 384 valence electrons. The Morgan fingerprint density at radius 3 is 0.785 bits per heavy atom. The minimum absolute atomic E-state index is 0.0657. The molecule has 65 heavy (non-hydrogen) atoms. The largest absolute Gasteiger partial charge is 0.462 e. The van der Waals surface area contributed by atoms with E-state index in [2.05, 4.69) is 32.9 Å². The number of hydrogen-bond acceptors (Lipinski definition) is 6. The normalized spacial score (nSPS) is 12.0. The van der Waals surface area contributed by atoms with Gasteiger partial charge in [0.25, 0.3) is 0 Å². The maximum absolute atomic E-state index is 12.8. The number of rotatable bonds is 54. The molecule has 0 fully saturated rings. The summed E-state index contributed by atoms with van der Waals surface area (Å²) in [6.45, 7) is 6.68. The van der Waals surface area contributed by atoms with Crippen molar-refractivity contribution in [1.29, 1.82) is 0 Å². The smallest absolute Gasteiger partial charge is 0.306 e. The van der Waals surface area contributed by atoms with Crippen LogP contribution in [0, 0.1) is 0 Å². The molecule has 0 aromatic rings. The number of allylic oxidation sites excluding steroid dienone is 2. The molecule has 0 N–H and O–H groups in total. The quantitative estimate of drug-likeness (QED) is 0.0262. The molecule has 0 aliphatic carbocycles. The Labute approximate surface area is 405 Å². The lowest BCUT2D eigenvalue weighted by Crippen LogP contribution is -2.30. The molecule has 0 aliphatic heterocycles. The van der Waals surface area contributed by atoms with Crippen LogP contribution in [0.5, 0.6) is 0 Å². The van der Waals surface area contributed by atoms with E-state index in [0.717, 1.165) is 57.8 Å². The molecule has 6 heteroatoms. The number of hydrogen-bond donors (Lipinski definition) is 0. The fourth-order valence-electron chi connectivity index (χ4n) is 8.85. The van der Waals surface area contributed by atoms with Gasteiger partial charge in [0.2, 0.25) is 0 Å². The molecule has 0 aromatic carbocycles. The second-order valence-corrected chi connectivity index (χ2v) is 19.9. The third kappa shape index (κ3) is 53.0. The lowest BCUT2D eigenvalue weighted by atomic mass is 10.0. The van der Waals surface area contributed by atoms with Gasteiger partial charge in [-0.05, 0) is 44.9 Å². The first-order chi connectivity index (χ1) is 32.0. The summed E-state index contributed by atoms with van der Waals surface area (Å²) >= 11 is 0. The van der Waals surface area contributed by atoms with Gasteiger partial charge in [-0.3, -0.25) is 14.4 Å². The van der Waals surface area contributed by atoms with Crippen LogP contribution >= 0.6 is 0 Å². The molecule has 0 aliphatic rings. The predicted molar refractivity (Wildman–Crippen MR) is 280 cm³/mol. The van der Waals surface area contributed by atoms with Crippen molar-refractivity contribution in [2.45, 2.75) is 335 Å². The summed E-state index contributed by atoms with van der Waals surface area (Å²) < 4.78 is 16.9. The van der Waals surface area contributed by atoms with E-state index in [1.807, 2.05) is 0 Å². The lowest BCUT2D eigenvalue weighted by molar-refractivity contribution is -0.167. The summed E-state index contributed by atoms with van der Waals surface area (Å²) in [5.41, 5.74) is 0. The molecule has 0 amide bonds. The number of esters is 3. The number of ether oxygens (including phenoxy) is 3. The Hall–Kier alpha value is -1.85. The second-order valence-electron chi connectivity index (χ2n) is 19.9. The minimum atomic E-state index is -0.766. The third-order valence-electron chi connectivity index (χ3n) is 13.3. The van der Waals surface area contributed by atoms with Gasteiger partial charge in [-0.25, -0.2) is 0 Å². The zero-order valence-electron chi connectivity index (χ0n) is 44.0. The molecular weight excluding hydrogens is 805 g/mol. The highest BCUT2D eigenvalue weighted by Crippen LogP contribution is 2.17. The highest BCUT2D eigenvalue weighted by Gasteiger charge is 2.19. The monoisotopic (exact) mass is 917 g/mol. The molecule has 0 radical (unpaired) electrons. The van der Waals surface area contributed by atoms with Crippen molar-refractivity contribution >= 4 is 17.9 Å². The molecule has 1 atom stereocenters. The number of carbonyl (C=O) groups excluding carboxylic acids is 3. The second kappa shape index (κ2) is 54.8. The molecule has 0 spiro atoms. The van der Waals surface area contributed by atoms with Crippen LogP contribution in [0.1, 0.15) is 329 Å². The Balaban J connectivity index is 4.30. The van der Waals surface area contributed by atoms with E-state index in [4.69, 9.17) is 14.2 Å². The van der Waals surface area contributed by atoms with Gasteiger partial charge in [0.1, 0.15) is 13.2 Å². The summed E-state index contributed by atoms with van der Waals surface area (Å²) in [6.07, 6.45) is 62.0. The van der Waals surface area contributed by atoms with Gasteiger partial charge in [-0.2, -0.15) is 0 Å². The SMILES string of the molecule is CCCCCC/C=C\CCCCCCCCCC(=O)OC(COC(=O)CCCCCCCCCCCCCCCC)COC(=O)CCCCCCCCCCCCCCCCCCCC. The molecule has 0 rings (SSSR count). The fourth-order valence-corrected chi connectivity index (χ4v) is 8.85. The highest BCUT2D eigenvalue weighted by molar-refractivity contribution is 5.71. The average molecular weight is 918 g/mol. The van der Waals surface area contributed by atoms with Gasteiger partial charge in [0.15, 0.2) is 6.10 Å². The van der Waals surface area contributed by atoms with Crippen LogP contribution in [-0.2, 0) is 28.6 Å². The van der Waals surface area contributed by atoms with Crippen LogP contribution in [-0.4, -0.2) is 37.2 Å². The van der Waals surface area contributed by atoms with Gasteiger partial charge in [-0.15, -0.1) is 0 Å². The van der Waals surface area contributed by atoms with E-state index in [1.165, 1.54) is 231 Å². The van der Waals surface area contributed by atoms with Crippen molar-refractivity contribution < 1.29 is 28.6 Å². The van der Waals surface area contributed by atoms with Gasteiger partial charge in [0.05, 0.1) is 0 Å². The maximum atomic E-state index is 12.8. The van der Waals surface area contributed by atoms with Crippen molar-refractivity contribution in [3.63, 3.8) is 0 Å². The highest BCUT2D eigenvalue weighted by atomic mass is 16.6. The van der Waals surface area contributed by atoms with Crippen LogP contribution in [0.25, 0.3) is 0 Å². The Morgan fingerprint density at radius 1 is 0.292 bits per heavy atom. The first-order valence-corrected chi connectivity index (χ1v) is 29.2. The van der Waals surface area contributed by atoms with Gasteiger partial charge >= 0.3 is 17.9 Å². The Morgan fingerprint density at radius 2 is 0.508 bits per heavy atom. The maximum Gasteiger partial charge on any atom is 0.306 e. The summed E-state index contributed by atoms with van der Waals surface area (Å²) in [7, 11) is 0. The molecule has 0 heterocycles. The molecule has 1 unspecified atom stereocenters. The van der Waals surface area contributed by atoms with Crippen LogP contribution in [0.15, 0.2) is 12.2 Å². The first-order valence-electron chi connectivity index (χ1n) is 29.2. The summed E-state index contributed by atoms with van der Waals surface area (Å²) in [6, 6.07) is 0. The van der Waals surface area contributed by atoms with Gasteiger partial charge in [0, 0.05) is 19.3 Å². The van der Waals surface area contributed by atoms with Crippen molar-refractivity contribution in [2.75, 3.05) is 13.2 Å². The van der Waals surface area contributed by atoms with E-state index < -0.39 is 6.10 Å². The van der Waals surface area contributed by atoms with Gasteiger partial charge < -0.3 is 14.2 Å². The van der Waals surface area contributed by atoms with Crippen LogP contribution in [0.3, 0.4) is 0 Å². The predicted octanol–water partition coefficient (Wildman–Crippen LogP) is 19.3. The molecular formula is C59H112O6. The van der Waals surface area contributed by atoms with Crippen molar-refractivity contribution in [2.24, 2.45) is 0 Å². The van der Waals surface area contributed by atoms with Crippen molar-refractivity contribution in [1.82, 2.24) is 0 Å². The van der Waals surface area contributed by atoms with E-state index in [-0.39, 0.29) is 31.1 Å². The summed E-state index contributed by atoms with van der Waals surface area (Å²) in [5, 5.41) is 0. The third-order valence-corrected chi connectivity index (χ3v) is 13.3. The van der Waals surface area contributed by atoms with E-state index >= 15 is 0 Å². The molecule has 0 saturated carbocycles. The minimum Gasteiger partial charge on any atom is -0.462 e. The number of unbranched alkanes of at least 4 members (excludes halogenated alkanes) is 41. The number of carbonyl (C=O) groups is 3. The molecule has 0 saturated heterocycles. The van der Waals surface area contributed by atoms with Crippen LogP contribution in [0.2, 0.25) is 0 Å². The lowest BCUT2D eigenvalue weighted by Gasteiger charge is -2.18. The van der Waals surface area contributed by atoms with Gasteiger partial charge in [-0.1, -0.05) is 277 Å². The summed E-state index contributed by atoms with van der Waals surface area (Å²) in [5.74, 6) is -0.845. The zero-order chi connectivity index (χ0) is 47.2. The molecule has 6 nitrogen and oxygen atoms in total. The van der Waals surface area contributed by atoms with Crippen LogP contribution in [0.4, 0.5) is 0 Å². The van der Waals surface area contributed by atoms with Crippen molar-refractivity contribution in [3.05, 3.63) is 12.2 Å².